The fraction of sp³-hybridized carbons (Fsp3) is 0.444. The van der Waals surface area contributed by atoms with E-state index >= 15 is 0 Å². The van der Waals surface area contributed by atoms with Crippen LogP contribution in [-0.2, 0) is 20.6 Å². The predicted octanol–water partition coefficient (Wildman–Crippen LogP) is 2.40. The second kappa shape index (κ2) is 7.21. The van der Waals surface area contributed by atoms with Gasteiger partial charge in [0.05, 0.1) is 22.3 Å². The smallest absolute Gasteiger partial charge is 0.292 e. The molecular weight excluding hydrogens is 456 g/mol. The highest BCUT2D eigenvalue weighted by molar-refractivity contribution is 9.10. The van der Waals surface area contributed by atoms with Crippen molar-refractivity contribution in [3.63, 3.8) is 0 Å². The number of nitriles is 1. The molecule has 6 nitrogen and oxygen atoms in total. The molecule has 1 aromatic rings. The van der Waals surface area contributed by atoms with E-state index in [-0.39, 0.29) is 13.0 Å². The highest BCUT2D eigenvalue weighted by atomic mass is 79.9. The van der Waals surface area contributed by atoms with Gasteiger partial charge in [-0.1, -0.05) is 22.5 Å². The Morgan fingerprint density at radius 3 is 2.71 bits per heavy atom. The summed E-state index contributed by atoms with van der Waals surface area (Å²) < 4.78 is 54.9. The van der Waals surface area contributed by atoms with Gasteiger partial charge in [0, 0.05) is 16.6 Å². The number of nitrogens with one attached hydrogen (secondary N) is 2. The number of alkyl halides is 2. The van der Waals surface area contributed by atoms with E-state index in [1.54, 1.807) is 0 Å². The van der Waals surface area contributed by atoms with Gasteiger partial charge in [0.25, 0.3) is 5.92 Å². The van der Waals surface area contributed by atoms with Crippen LogP contribution >= 0.6 is 15.9 Å². The number of hydrogen-bond acceptors (Lipinski definition) is 5. The van der Waals surface area contributed by atoms with Crippen LogP contribution < -0.4 is 10.6 Å². The zero-order valence-electron chi connectivity index (χ0n) is 14.7. The number of amides is 1. The molecule has 0 aromatic heterocycles. The molecule has 0 bridgehead atoms. The molecule has 2 N–H and O–H groups in total. The lowest BCUT2D eigenvalue weighted by Gasteiger charge is -2.19. The summed E-state index contributed by atoms with van der Waals surface area (Å²) in [6.45, 7) is 3.04. The third kappa shape index (κ3) is 3.83. The van der Waals surface area contributed by atoms with Gasteiger partial charge in [-0.25, -0.2) is 8.42 Å². The van der Waals surface area contributed by atoms with Crippen molar-refractivity contribution in [3.8, 4) is 6.07 Å². The van der Waals surface area contributed by atoms with Crippen molar-refractivity contribution in [2.75, 3.05) is 6.54 Å². The Morgan fingerprint density at radius 2 is 2.14 bits per heavy atom. The molecule has 28 heavy (non-hydrogen) atoms. The van der Waals surface area contributed by atoms with Crippen molar-refractivity contribution >= 4 is 31.7 Å². The SMILES string of the molecule is C=CC(F)(F)c1cc(Br)ccc1S(=O)(=O)C1CNC(C(=O)NC2(C#N)CC2)C1. The summed E-state index contributed by atoms with van der Waals surface area (Å²) >= 11 is 3.08. The van der Waals surface area contributed by atoms with E-state index < -0.39 is 49.0 Å². The van der Waals surface area contributed by atoms with Crippen LogP contribution in [0, 0.1) is 11.3 Å². The molecule has 1 aromatic carbocycles. The molecule has 2 fully saturated rings. The number of sulfone groups is 1. The van der Waals surface area contributed by atoms with Crippen molar-refractivity contribution in [3.05, 3.63) is 40.9 Å². The van der Waals surface area contributed by atoms with Crippen LogP contribution in [0.5, 0.6) is 0 Å². The Kier molecular flexibility index (Phi) is 5.38. The number of halogens is 3. The zero-order chi connectivity index (χ0) is 20.7. The molecule has 0 radical (unpaired) electrons. The van der Waals surface area contributed by atoms with Gasteiger partial charge in [-0.05, 0) is 43.5 Å². The maximum atomic E-state index is 14.3. The maximum absolute atomic E-state index is 14.3. The highest BCUT2D eigenvalue weighted by Crippen LogP contribution is 2.38. The van der Waals surface area contributed by atoms with Crippen LogP contribution in [0.2, 0.25) is 0 Å². The van der Waals surface area contributed by atoms with Crippen LogP contribution in [-0.4, -0.2) is 37.7 Å². The van der Waals surface area contributed by atoms with Gasteiger partial charge in [0.15, 0.2) is 9.84 Å². The van der Waals surface area contributed by atoms with E-state index in [0.717, 1.165) is 12.1 Å². The normalized spacial score (nSPS) is 23.6. The summed E-state index contributed by atoms with van der Waals surface area (Å²) in [5.41, 5.74) is -1.52. The van der Waals surface area contributed by atoms with Crippen molar-refractivity contribution < 1.29 is 22.0 Å². The molecule has 2 atom stereocenters. The third-order valence-electron chi connectivity index (χ3n) is 5.04. The number of nitrogens with zero attached hydrogens (tertiary/aromatic N) is 1. The average Bonchev–Trinajstić information content (AvgIpc) is 3.23. The molecule has 1 heterocycles. The lowest BCUT2D eigenvalue weighted by Crippen LogP contribution is -2.45. The molecular formula is C18H18BrF2N3O3S. The Labute approximate surface area is 170 Å². The predicted molar refractivity (Wildman–Crippen MR) is 101 cm³/mol. The van der Waals surface area contributed by atoms with E-state index in [2.05, 4.69) is 33.1 Å². The lowest BCUT2D eigenvalue weighted by molar-refractivity contribution is -0.123. The van der Waals surface area contributed by atoms with Crippen molar-refractivity contribution in [1.29, 1.82) is 5.26 Å². The first-order valence-corrected chi connectivity index (χ1v) is 10.9. The number of carbonyl (C=O) groups is 1. The minimum absolute atomic E-state index is 0.0465. The molecule has 3 rings (SSSR count). The van der Waals surface area contributed by atoms with Crippen molar-refractivity contribution in [2.24, 2.45) is 0 Å². The van der Waals surface area contributed by atoms with Crippen LogP contribution in [0.15, 0.2) is 40.2 Å². The average molecular weight is 474 g/mol. The first-order chi connectivity index (χ1) is 13.0. The van der Waals surface area contributed by atoms with Crippen molar-refractivity contribution in [1.82, 2.24) is 10.6 Å². The molecule has 1 amide bonds. The summed E-state index contributed by atoms with van der Waals surface area (Å²) in [5.74, 6) is -3.98. The molecule has 1 aliphatic carbocycles. The fourth-order valence-corrected chi connectivity index (χ4v) is 5.39. The molecule has 1 aliphatic heterocycles. The van der Waals surface area contributed by atoms with Gasteiger partial charge in [-0.2, -0.15) is 14.0 Å². The van der Waals surface area contributed by atoms with Gasteiger partial charge in [-0.15, -0.1) is 0 Å². The molecule has 1 saturated carbocycles. The summed E-state index contributed by atoms with van der Waals surface area (Å²) in [6, 6.07) is 4.81. The first-order valence-electron chi connectivity index (χ1n) is 8.57. The quantitative estimate of drug-likeness (QED) is 0.618. The number of carbonyl (C=O) groups excluding carboxylic acids is 1. The largest absolute Gasteiger partial charge is 0.336 e. The van der Waals surface area contributed by atoms with Gasteiger partial charge in [0.2, 0.25) is 5.91 Å². The van der Waals surface area contributed by atoms with Crippen LogP contribution in [0.3, 0.4) is 0 Å². The van der Waals surface area contributed by atoms with E-state index in [9.17, 15) is 22.0 Å². The minimum atomic E-state index is -4.14. The van der Waals surface area contributed by atoms with Crippen LogP contribution in [0.25, 0.3) is 0 Å². The molecule has 0 spiro atoms. The molecule has 150 valence electrons. The first kappa shape index (κ1) is 20.9. The summed E-state index contributed by atoms with van der Waals surface area (Å²) in [4.78, 5) is 11.8. The summed E-state index contributed by atoms with van der Waals surface area (Å²) in [7, 11) is -4.14. The number of benzene rings is 1. The number of hydrogen-bond donors (Lipinski definition) is 2. The second-order valence-corrected chi connectivity index (χ2v) is 10.1. The zero-order valence-corrected chi connectivity index (χ0v) is 17.1. The van der Waals surface area contributed by atoms with Crippen LogP contribution in [0.4, 0.5) is 8.78 Å². The van der Waals surface area contributed by atoms with Gasteiger partial charge in [0.1, 0.15) is 5.54 Å². The Balaban J connectivity index is 1.84. The lowest BCUT2D eigenvalue weighted by atomic mass is 10.1. The number of allylic oxidation sites excluding steroid dienone is 1. The second-order valence-electron chi connectivity index (χ2n) is 7.01. The molecule has 10 heteroatoms. The molecule has 2 aliphatic rings. The Bertz CT molecular complexity index is 971. The minimum Gasteiger partial charge on any atom is -0.336 e. The van der Waals surface area contributed by atoms with Crippen molar-refractivity contribution in [2.45, 2.75) is 46.9 Å². The van der Waals surface area contributed by atoms with Crippen LogP contribution in [0.1, 0.15) is 24.8 Å². The topological polar surface area (TPSA) is 99.1 Å². The Hall–Kier alpha value is -1.83. The maximum Gasteiger partial charge on any atom is 0.292 e. The van der Waals surface area contributed by atoms with E-state index in [0.29, 0.717) is 23.4 Å². The Morgan fingerprint density at radius 1 is 1.46 bits per heavy atom. The highest BCUT2D eigenvalue weighted by Gasteiger charge is 2.47. The van der Waals surface area contributed by atoms with Gasteiger partial charge >= 0.3 is 0 Å². The van der Waals surface area contributed by atoms with E-state index in [4.69, 9.17) is 5.26 Å². The van der Waals surface area contributed by atoms with Gasteiger partial charge < -0.3 is 10.6 Å². The fourth-order valence-electron chi connectivity index (χ4n) is 3.15. The molecule has 2 unspecified atom stereocenters. The third-order valence-corrected chi connectivity index (χ3v) is 7.74. The summed E-state index contributed by atoms with van der Waals surface area (Å²) in [5, 5.41) is 13.5. The standard InChI is InChI=1S/C18H18BrF2N3O3S/c1-2-18(20,21)13-7-11(19)3-4-15(13)28(26,27)12-8-14(23-9-12)16(25)24-17(10-22)5-6-17/h2-4,7,12,14,23H,1,5-6,8-9H2,(H,24,25). The molecule has 1 saturated heterocycles. The van der Waals surface area contributed by atoms with E-state index in [1.165, 1.54) is 6.07 Å². The summed E-state index contributed by atoms with van der Waals surface area (Å²) in [6.07, 6.45) is 1.45. The van der Waals surface area contributed by atoms with Gasteiger partial charge in [-0.3, -0.25) is 4.79 Å². The number of rotatable bonds is 6. The van der Waals surface area contributed by atoms with E-state index in [1.807, 2.05) is 6.07 Å². The monoisotopic (exact) mass is 473 g/mol.